The van der Waals surface area contributed by atoms with Crippen LogP contribution in [0.1, 0.15) is 0 Å². The minimum atomic E-state index is -6.11. The summed E-state index contributed by atoms with van der Waals surface area (Å²) in [4.78, 5) is 0. The van der Waals surface area contributed by atoms with E-state index in [-0.39, 0.29) is 0 Å². The highest BCUT2D eigenvalue weighted by Gasteiger charge is 2.62. The van der Waals surface area contributed by atoms with Crippen LogP contribution in [0.4, 0.5) is 30.7 Å². The molecule has 0 nitrogen and oxygen atoms in total. The van der Waals surface area contributed by atoms with Crippen LogP contribution in [0.5, 0.6) is 0 Å². The zero-order valence-electron chi connectivity index (χ0n) is 5.02. The van der Waals surface area contributed by atoms with Crippen molar-refractivity contribution in [3.05, 3.63) is 9.66 Å². The molecule has 0 N–H and O–H groups in total. The molecular weight excluding hydrogens is 308 g/mol. The van der Waals surface area contributed by atoms with Gasteiger partial charge in [0.15, 0.2) is 3.83 Å². The van der Waals surface area contributed by atoms with Gasteiger partial charge >= 0.3 is 12.1 Å². The topological polar surface area (TPSA) is 0 Å². The van der Waals surface area contributed by atoms with Crippen molar-refractivity contribution in [1.29, 1.82) is 0 Å². The van der Waals surface area contributed by atoms with E-state index in [1.54, 1.807) is 0 Å². The van der Waals surface area contributed by atoms with E-state index in [4.69, 9.17) is 0 Å². The van der Waals surface area contributed by atoms with E-state index in [9.17, 15) is 30.7 Å². The Morgan fingerprint density at radius 3 is 1.33 bits per heavy atom. The Morgan fingerprint density at radius 1 is 0.917 bits per heavy atom. The maximum absolute atomic E-state index is 11.8. The Balaban J connectivity index is 5.01. The molecule has 0 fully saturated rings. The highest BCUT2D eigenvalue weighted by molar-refractivity contribution is 14.1. The highest BCUT2D eigenvalue weighted by atomic mass is 127. The van der Waals surface area contributed by atoms with Gasteiger partial charge in [-0.2, -0.15) is 26.3 Å². The SMILES string of the molecule is F/C(I)=C(/F)C(F)(F)C(F)(F)F. The Hall–Kier alpha value is -0.0200. The van der Waals surface area contributed by atoms with Gasteiger partial charge in [0.25, 0.3) is 0 Å². The van der Waals surface area contributed by atoms with Crippen LogP contribution in [0.3, 0.4) is 0 Å². The Bertz CT molecular complexity index is 198. The van der Waals surface area contributed by atoms with Crippen LogP contribution in [-0.4, -0.2) is 12.1 Å². The average Bonchev–Trinajstić information content (AvgIpc) is 1.83. The first-order valence-corrected chi connectivity index (χ1v) is 3.34. The molecule has 0 unspecified atom stereocenters. The number of hydrogen-bond acceptors (Lipinski definition) is 0. The molecule has 0 bridgehead atoms. The lowest BCUT2D eigenvalue weighted by atomic mass is 10.3. The molecule has 0 heterocycles. The van der Waals surface area contributed by atoms with Crippen LogP contribution in [0.15, 0.2) is 9.66 Å². The van der Waals surface area contributed by atoms with Crippen molar-refractivity contribution in [2.24, 2.45) is 0 Å². The monoisotopic (exact) mass is 308 g/mol. The fourth-order valence-electron chi connectivity index (χ4n) is 0.243. The van der Waals surface area contributed by atoms with Gasteiger partial charge < -0.3 is 0 Å². The lowest BCUT2D eigenvalue weighted by Crippen LogP contribution is -2.37. The van der Waals surface area contributed by atoms with Crippen molar-refractivity contribution in [1.82, 2.24) is 0 Å². The van der Waals surface area contributed by atoms with Crippen LogP contribution < -0.4 is 0 Å². The second kappa shape index (κ2) is 3.38. The Morgan fingerprint density at radius 2 is 1.25 bits per heavy atom. The Labute approximate surface area is 75.6 Å². The number of halogens is 8. The fraction of sp³-hybridized carbons (Fsp3) is 0.500. The number of alkyl halides is 5. The number of hydrogen-bond donors (Lipinski definition) is 0. The average molecular weight is 308 g/mol. The molecule has 0 aliphatic rings. The molecule has 0 aliphatic heterocycles. The lowest BCUT2D eigenvalue weighted by Gasteiger charge is -2.16. The van der Waals surface area contributed by atoms with E-state index in [1.165, 1.54) is 0 Å². The summed E-state index contributed by atoms with van der Waals surface area (Å²) in [6.07, 6.45) is -6.11. The van der Waals surface area contributed by atoms with Gasteiger partial charge in [0.2, 0.25) is 5.83 Å². The van der Waals surface area contributed by atoms with Crippen molar-refractivity contribution < 1.29 is 30.7 Å². The van der Waals surface area contributed by atoms with Gasteiger partial charge in [-0.15, -0.1) is 0 Å². The molecule has 0 radical (unpaired) electrons. The molecule has 0 saturated carbocycles. The standard InChI is InChI=1S/C4F7I/c5-1(2(6)12)3(7,8)4(9,10)11/b2-1-. The molecule has 12 heavy (non-hydrogen) atoms. The summed E-state index contributed by atoms with van der Waals surface area (Å²) >= 11 is 0.392. The molecule has 0 saturated heterocycles. The van der Waals surface area contributed by atoms with Crippen molar-refractivity contribution >= 4 is 22.6 Å². The molecule has 0 amide bonds. The molecule has 0 aromatic rings. The van der Waals surface area contributed by atoms with Crippen LogP contribution in [0, 0.1) is 0 Å². The second-order valence-corrected chi connectivity index (χ2v) is 2.59. The molecule has 0 aromatic heterocycles. The zero-order valence-corrected chi connectivity index (χ0v) is 7.18. The van der Waals surface area contributed by atoms with E-state index in [1.807, 2.05) is 0 Å². The molecule has 0 atom stereocenters. The van der Waals surface area contributed by atoms with Gasteiger partial charge in [-0.05, 0) is 22.6 Å². The predicted octanol–water partition coefficient (Wildman–Crippen LogP) is 3.73. The number of rotatable bonds is 1. The minimum Gasteiger partial charge on any atom is -0.201 e. The predicted molar refractivity (Wildman–Crippen MR) is 34.3 cm³/mol. The second-order valence-electron chi connectivity index (χ2n) is 1.65. The first-order chi connectivity index (χ1) is 5.10. The molecule has 0 aliphatic carbocycles. The normalized spacial score (nSPS) is 16.0. The van der Waals surface area contributed by atoms with Gasteiger partial charge in [-0.25, -0.2) is 4.39 Å². The van der Waals surface area contributed by atoms with Gasteiger partial charge in [0.1, 0.15) is 0 Å². The van der Waals surface area contributed by atoms with E-state index >= 15 is 0 Å². The summed E-state index contributed by atoms with van der Waals surface area (Å²) in [5.74, 6) is -8.87. The quantitative estimate of drug-likeness (QED) is 0.511. The third kappa shape index (κ3) is 2.23. The zero-order chi connectivity index (χ0) is 10.2. The van der Waals surface area contributed by atoms with E-state index in [0.717, 1.165) is 0 Å². The van der Waals surface area contributed by atoms with Crippen molar-refractivity contribution in [3.8, 4) is 0 Å². The summed E-state index contributed by atoms with van der Waals surface area (Å²) in [7, 11) is 0. The molecule has 72 valence electrons. The van der Waals surface area contributed by atoms with Crippen molar-refractivity contribution in [2.45, 2.75) is 12.1 Å². The highest BCUT2D eigenvalue weighted by Crippen LogP contribution is 2.43. The van der Waals surface area contributed by atoms with Gasteiger partial charge in [0, 0.05) is 0 Å². The van der Waals surface area contributed by atoms with Crippen molar-refractivity contribution in [2.75, 3.05) is 0 Å². The minimum absolute atomic E-state index is 0.392. The third-order valence-electron chi connectivity index (χ3n) is 0.798. The van der Waals surface area contributed by atoms with Gasteiger partial charge in [0.05, 0.1) is 0 Å². The van der Waals surface area contributed by atoms with Crippen LogP contribution >= 0.6 is 22.6 Å². The fourth-order valence-corrected chi connectivity index (χ4v) is 0.582. The van der Waals surface area contributed by atoms with Crippen LogP contribution in [0.2, 0.25) is 0 Å². The van der Waals surface area contributed by atoms with Crippen LogP contribution in [0.25, 0.3) is 0 Å². The molecular formula is C4F7I. The summed E-state index contributed by atoms with van der Waals surface area (Å²) in [5, 5.41) is 0. The van der Waals surface area contributed by atoms with Gasteiger partial charge in [-0.3, -0.25) is 0 Å². The maximum atomic E-state index is 11.8. The molecule has 0 rings (SSSR count). The first-order valence-electron chi connectivity index (χ1n) is 2.26. The van der Waals surface area contributed by atoms with Gasteiger partial charge in [-0.1, -0.05) is 0 Å². The van der Waals surface area contributed by atoms with Crippen LogP contribution in [-0.2, 0) is 0 Å². The van der Waals surface area contributed by atoms with Crippen molar-refractivity contribution in [3.63, 3.8) is 0 Å². The first kappa shape index (κ1) is 12.0. The maximum Gasteiger partial charge on any atom is 0.460 e. The molecule has 8 heteroatoms. The van der Waals surface area contributed by atoms with E-state index in [2.05, 4.69) is 0 Å². The smallest absolute Gasteiger partial charge is 0.201 e. The number of allylic oxidation sites excluding steroid dienone is 1. The largest absolute Gasteiger partial charge is 0.460 e. The summed E-state index contributed by atoms with van der Waals surface area (Å²) in [6, 6.07) is 0. The lowest BCUT2D eigenvalue weighted by molar-refractivity contribution is -0.270. The summed E-state index contributed by atoms with van der Waals surface area (Å²) in [5.41, 5.74) is 0. The summed E-state index contributed by atoms with van der Waals surface area (Å²) < 4.78 is 78.5. The van der Waals surface area contributed by atoms with E-state index < -0.39 is 21.8 Å². The Kier molecular flexibility index (Phi) is 3.38. The molecule has 0 spiro atoms. The van der Waals surface area contributed by atoms with E-state index in [0.29, 0.717) is 22.6 Å². The third-order valence-corrected chi connectivity index (χ3v) is 1.27. The summed E-state index contributed by atoms with van der Waals surface area (Å²) in [6.45, 7) is 0. The molecule has 0 aromatic carbocycles.